The van der Waals surface area contributed by atoms with Gasteiger partial charge in [-0.1, -0.05) is 42.6 Å². The molecule has 2 rings (SSSR count). The Labute approximate surface area is 111 Å². The van der Waals surface area contributed by atoms with Crippen molar-refractivity contribution in [2.75, 3.05) is 0 Å². The predicted octanol–water partition coefficient (Wildman–Crippen LogP) is 2.29. The zero-order valence-electron chi connectivity index (χ0n) is 10.6. The predicted molar refractivity (Wildman–Crippen MR) is 74.1 cm³/mol. The van der Waals surface area contributed by atoms with Crippen molar-refractivity contribution in [1.29, 1.82) is 0 Å². The molecule has 0 bridgehead atoms. The lowest BCUT2D eigenvalue weighted by atomic mass is 9.97. The number of nitrogens with one attached hydrogen (secondary N) is 1. The van der Waals surface area contributed by atoms with Crippen LogP contribution >= 0.6 is 11.5 Å². The average molecular weight is 262 g/mol. The number of hydrogen-bond donors (Lipinski definition) is 2. The average Bonchev–Trinajstić information content (AvgIpc) is 2.83. The van der Waals surface area contributed by atoms with Crippen molar-refractivity contribution in [3.63, 3.8) is 0 Å². The fourth-order valence-corrected chi connectivity index (χ4v) is 2.50. The Morgan fingerprint density at radius 2 is 2.22 bits per heavy atom. The third-order valence-corrected chi connectivity index (χ3v) is 3.29. The SMILES string of the molecule is CC(C)Cc1cccc(C(NN)c2csnn2)c1. The number of nitrogens with zero attached hydrogens (tertiary/aromatic N) is 2. The highest BCUT2D eigenvalue weighted by atomic mass is 32.1. The minimum absolute atomic E-state index is 0.0872. The number of hydrazine groups is 1. The molecule has 4 nitrogen and oxygen atoms in total. The molecule has 1 atom stereocenters. The van der Waals surface area contributed by atoms with Crippen LogP contribution < -0.4 is 11.3 Å². The van der Waals surface area contributed by atoms with Gasteiger partial charge in [0.2, 0.25) is 0 Å². The maximum atomic E-state index is 5.63. The normalized spacial score (nSPS) is 12.9. The molecule has 2 aromatic rings. The second-order valence-electron chi connectivity index (χ2n) is 4.77. The number of aromatic nitrogens is 2. The van der Waals surface area contributed by atoms with Crippen LogP contribution in [0.5, 0.6) is 0 Å². The first-order chi connectivity index (χ1) is 8.70. The Morgan fingerprint density at radius 1 is 1.39 bits per heavy atom. The molecule has 0 amide bonds. The first-order valence-corrected chi connectivity index (χ1v) is 6.86. The van der Waals surface area contributed by atoms with Crippen molar-refractivity contribution < 1.29 is 0 Å². The number of rotatable bonds is 5. The van der Waals surface area contributed by atoms with Gasteiger partial charge in [-0.2, -0.15) is 0 Å². The van der Waals surface area contributed by atoms with Gasteiger partial charge in [-0.05, 0) is 35.0 Å². The van der Waals surface area contributed by atoms with Crippen molar-refractivity contribution in [3.8, 4) is 0 Å². The van der Waals surface area contributed by atoms with Gasteiger partial charge in [0.25, 0.3) is 0 Å². The second kappa shape index (κ2) is 6.04. The molecule has 0 spiro atoms. The highest BCUT2D eigenvalue weighted by Crippen LogP contribution is 2.22. The summed E-state index contributed by atoms with van der Waals surface area (Å²) in [6.07, 6.45) is 1.07. The molecular weight excluding hydrogens is 244 g/mol. The van der Waals surface area contributed by atoms with Gasteiger partial charge in [-0.15, -0.1) is 5.10 Å². The van der Waals surface area contributed by atoms with Crippen LogP contribution in [-0.4, -0.2) is 9.59 Å². The number of hydrogen-bond acceptors (Lipinski definition) is 5. The van der Waals surface area contributed by atoms with Crippen molar-refractivity contribution in [2.24, 2.45) is 11.8 Å². The number of nitrogens with two attached hydrogens (primary N) is 1. The Kier molecular flexibility index (Phi) is 4.41. The summed E-state index contributed by atoms with van der Waals surface area (Å²) in [6.45, 7) is 4.44. The molecule has 1 heterocycles. The minimum atomic E-state index is -0.0872. The van der Waals surface area contributed by atoms with Crippen LogP contribution in [0.4, 0.5) is 0 Å². The van der Waals surface area contributed by atoms with E-state index >= 15 is 0 Å². The lowest BCUT2D eigenvalue weighted by Crippen LogP contribution is -2.29. The van der Waals surface area contributed by atoms with E-state index in [4.69, 9.17) is 5.84 Å². The standard InChI is InChI=1S/C13H18N4S/c1-9(2)6-10-4-3-5-11(7-10)13(15-14)12-8-18-17-16-12/h3-5,7-9,13,15H,6,14H2,1-2H3. The molecule has 0 radical (unpaired) electrons. The summed E-state index contributed by atoms with van der Waals surface area (Å²) in [7, 11) is 0. The zero-order chi connectivity index (χ0) is 13.0. The minimum Gasteiger partial charge on any atom is -0.271 e. The van der Waals surface area contributed by atoms with Gasteiger partial charge in [-0.3, -0.25) is 5.84 Å². The fraction of sp³-hybridized carbons (Fsp3) is 0.385. The summed E-state index contributed by atoms with van der Waals surface area (Å²) in [6, 6.07) is 8.38. The van der Waals surface area contributed by atoms with Crippen LogP contribution in [-0.2, 0) is 6.42 Å². The van der Waals surface area contributed by atoms with E-state index in [0.29, 0.717) is 5.92 Å². The van der Waals surface area contributed by atoms with Crippen LogP contribution in [0.3, 0.4) is 0 Å². The Morgan fingerprint density at radius 3 is 2.83 bits per heavy atom. The molecule has 18 heavy (non-hydrogen) atoms. The quantitative estimate of drug-likeness (QED) is 0.641. The van der Waals surface area contributed by atoms with Crippen LogP contribution in [0.25, 0.3) is 0 Å². The third-order valence-electron chi connectivity index (χ3n) is 2.77. The van der Waals surface area contributed by atoms with E-state index in [-0.39, 0.29) is 6.04 Å². The van der Waals surface area contributed by atoms with E-state index in [9.17, 15) is 0 Å². The topological polar surface area (TPSA) is 63.8 Å². The van der Waals surface area contributed by atoms with Gasteiger partial charge in [0.05, 0.1) is 11.7 Å². The van der Waals surface area contributed by atoms with Crippen LogP contribution in [0.2, 0.25) is 0 Å². The first-order valence-electron chi connectivity index (χ1n) is 6.02. The van der Waals surface area contributed by atoms with E-state index in [1.807, 2.05) is 5.38 Å². The molecule has 1 aromatic carbocycles. The molecule has 96 valence electrons. The molecule has 3 N–H and O–H groups in total. The van der Waals surface area contributed by atoms with Crippen LogP contribution in [0, 0.1) is 5.92 Å². The summed E-state index contributed by atoms with van der Waals surface area (Å²) in [5.41, 5.74) is 6.12. The summed E-state index contributed by atoms with van der Waals surface area (Å²) in [4.78, 5) is 0. The van der Waals surface area contributed by atoms with Gasteiger partial charge in [-0.25, -0.2) is 5.43 Å². The van der Waals surface area contributed by atoms with E-state index in [2.05, 4.69) is 53.1 Å². The highest BCUT2D eigenvalue weighted by molar-refractivity contribution is 7.03. The lowest BCUT2D eigenvalue weighted by molar-refractivity contribution is 0.613. The third kappa shape index (κ3) is 3.13. The molecule has 1 aromatic heterocycles. The Balaban J connectivity index is 2.26. The lowest BCUT2D eigenvalue weighted by Gasteiger charge is -2.15. The Bertz CT molecular complexity index is 481. The maximum absolute atomic E-state index is 5.63. The van der Waals surface area contributed by atoms with Crippen molar-refractivity contribution >= 4 is 11.5 Å². The molecule has 1 unspecified atom stereocenters. The van der Waals surface area contributed by atoms with Crippen LogP contribution in [0.15, 0.2) is 29.6 Å². The van der Waals surface area contributed by atoms with Gasteiger partial charge < -0.3 is 0 Å². The number of benzene rings is 1. The maximum Gasteiger partial charge on any atom is 0.0983 e. The van der Waals surface area contributed by atoms with Gasteiger partial charge in [0.15, 0.2) is 0 Å². The highest BCUT2D eigenvalue weighted by Gasteiger charge is 2.15. The summed E-state index contributed by atoms with van der Waals surface area (Å²) in [5.74, 6) is 6.28. The summed E-state index contributed by atoms with van der Waals surface area (Å²) in [5, 5.41) is 6.00. The zero-order valence-corrected chi connectivity index (χ0v) is 11.4. The van der Waals surface area contributed by atoms with Crippen molar-refractivity contribution in [2.45, 2.75) is 26.3 Å². The molecular formula is C13H18N4S. The molecule has 0 saturated carbocycles. The summed E-state index contributed by atoms with van der Waals surface area (Å²) >= 11 is 1.34. The second-order valence-corrected chi connectivity index (χ2v) is 5.38. The van der Waals surface area contributed by atoms with Gasteiger partial charge in [0, 0.05) is 5.38 Å². The Hall–Kier alpha value is -1.30. The van der Waals surface area contributed by atoms with Crippen molar-refractivity contribution in [3.05, 3.63) is 46.5 Å². The monoisotopic (exact) mass is 262 g/mol. The van der Waals surface area contributed by atoms with Gasteiger partial charge in [0.1, 0.15) is 0 Å². The van der Waals surface area contributed by atoms with E-state index in [1.54, 1.807) is 0 Å². The molecule has 0 aliphatic heterocycles. The van der Waals surface area contributed by atoms with E-state index in [1.165, 1.54) is 17.1 Å². The van der Waals surface area contributed by atoms with Crippen molar-refractivity contribution in [1.82, 2.24) is 15.0 Å². The van der Waals surface area contributed by atoms with Gasteiger partial charge >= 0.3 is 0 Å². The molecule has 0 aliphatic rings. The molecule has 0 fully saturated rings. The van der Waals surface area contributed by atoms with Crippen LogP contribution in [0.1, 0.15) is 36.7 Å². The van der Waals surface area contributed by atoms with E-state index < -0.39 is 0 Å². The van der Waals surface area contributed by atoms with E-state index in [0.717, 1.165) is 17.7 Å². The molecule has 5 heteroatoms. The smallest absolute Gasteiger partial charge is 0.0983 e. The largest absolute Gasteiger partial charge is 0.271 e. The fourth-order valence-electron chi connectivity index (χ4n) is 2.02. The molecule has 0 aliphatic carbocycles. The summed E-state index contributed by atoms with van der Waals surface area (Å²) < 4.78 is 3.88. The first kappa shape index (κ1) is 13.1. The molecule has 0 saturated heterocycles.